The van der Waals surface area contributed by atoms with E-state index in [1.165, 1.54) is 23.5 Å². The first-order valence-electron chi connectivity index (χ1n) is 10.3. The number of likely N-dealkylation sites (tertiary alicyclic amines) is 1. The van der Waals surface area contributed by atoms with Crippen LogP contribution in [-0.4, -0.2) is 46.3 Å². The Morgan fingerprint density at radius 1 is 1.32 bits per heavy atom. The van der Waals surface area contributed by atoms with Crippen LogP contribution in [0, 0.1) is 12.7 Å². The molecular formula is C22H24FN5O2S. The lowest BCUT2D eigenvalue weighted by atomic mass is 9.90. The van der Waals surface area contributed by atoms with E-state index in [2.05, 4.69) is 15.3 Å². The van der Waals surface area contributed by atoms with Gasteiger partial charge in [0.2, 0.25) is 0 Å². The topological polar surface area (TPSA) is 101 Å². The first-order chi connectivity index (χ1) is 14.9. The molecule has 0 aliphatic carbocycles. The van der Waals surface area contributed by atoms with Gasteiger partial charge in [0.1, 0.15) is 10.7 Å². The van der Waals surface area contributed by atoms with E-state index in [0.29, 0.717) is 40.3 Å². The van der Waals surface area contributed by atoms with Crippen molar-refractivity contribution in [3.8, 4) is 0 Å². The number of piperidine rings is 1. The van der Waals surface area contributed by atoms with Crippen molar-refractivity contribution in [3.05, 3.63) is 51.9 Å². The summed E-state index contributed by atoms with van der Waals surface area (Å²) >= 11 is 1.36. The minimum absolute atomic E-state index is 0.0626. The molecule has 1 fully saturated rings. The molecule has 2 aromatic heterocycles. The van der Waals surface area contributed by atoms with Crippen LogP contribution in [0.15, 0.2) is 24.3 Å². The van der Waals surface area contributed by atoms with E-state index < -0.39 is 11.7 Å². The van der Waals surface area contributed by atoms with Crippen molar-refractivity contribution in [1.82, 2.24) is 14.9 Å². The summed E-state index contributed by atoms with van der Waals surface area (Å²) in [6, 6.07) is 5.87. The van der Waals surface area contributed by atoms with Gasteiger partial charge in [0, 0.05) is 30.9 Å². The molecule has 4 rings (SSSR count). The standard InChI is InChI=1S/C22H24FN5O2S/c1-3-25-22-26-12(2)19(31-22)21(30)28-8-4-5-13(11-28)18-16(20(24)29)10-14-9-15(23)6-7-17(14)27-18/h6-7,9-10,13H,3-5,8,11H2,1-2H3,(H2,24,29)(H,25,26). The first-order valence-corrected chi connectivity index (χ1v) is 11.1. The Morgan fingerprint density at radius 3 is 2.87 bits per heavy atom. The fraction of sp³-hybridized carbons (Fsp3) is 0.364. The SMILES string of the molecule is CCNc1nc(C)c(C(=O)N2CCCC(c3nc4ccc(F)cc4cc3C(N)=O)C2)s1. The fourth-order valence-corrected chi connectivity index (χ4v) is 5.02. The number of halogens is 1. The molecule has 0 radical (unpaired) electrons. The molecule has 162 valence electrons. The number of aromatic nitrogens is 2. The number of rotatable bonds is 5. The summed E-state index contributed by atoms with van der Waals surface area (Å²) < 4.78 is 13.6. The van der Waals surface area contributed by atoms with Crippen molar-refractivity contribution in [2.75, 3.05) is 25.0 Å². The lowest BCUT2D eigenvalue weighted by molar-refractivity contribution is 0.0710. The predicted octanol–water partition coefficient (Wildman–Crippen LogP) is 3.69. The van der Waals surface area contributed by atoms with Crippen LogP contribution in [0.5, 0.6) is 0 Å². The van der Waals surface area contributed by atoms with Gasteiger partial charge in [0.15, 0.2) is 5.13 Å². The van der Waals surface area contributed by atoms with Crippen molar-refractivity contribution in [2.45, 2.75) is 32.6 Å². The number of carbonyl (C=O) groups excluding carboxylic acids is 2. The highest BCUT2D eigenvalue weighted by atomic mass is 32.1. The van der Waals surface area contributed by atoms with E-state index in [4.69, 9.17) is 5.73 Å². The van der Waals surface area contributed by atoms with Crippen molar-refractivity contribution in [1.29, 1.82) is 0 Å². The van der Waals surface area contributed by atoms with Crippen LogP contribution in [0.1, 0.15) is 57.1 Å². The molecule has 1 aliphatic rings. The lowest BCUT2D eigenvalue weighted by Gasteiger charge is -2.33. The molecule has 3 heterocycles. The molecule has 1 atom stereocenters. The third kappa shape index (κ3) is 4.23. The van der Waals surface area contributed by atoms with Crippen LogP contribution in [0.25, 0.3) is 10.9 Å². The molecule has 0 bridgehead atoms. The number of nitrogens with one attached hydrogen (secondary N) is 1. The molecule has 1 saturated heterocycles. The van der Waals surface area contributed by atoms with E-state index in [1.807, 2.05) is 13.8 Å². The summed E-state index contributed by atoms with van der Waals surface area (Å²) in [5.74, 6) is -1.20. The van der Waals surface area contributed by atoms with Crippen molar-refractivity contribution in [2.24, 2.45) is 5.73 Å². The molecular weight excluding hydrogens is 417 g/mol. The molecule has 3 aromatic rings. The number of nitrogens with zero attached hydrogens (tertiary/aromatic N) is 3. The van der Waals surface area contributed by atoms with Crippen molar-refractivity contribution >= 4 is 39.2 Å². The number of carbonyl (C=O) groups is 2. The minimum atomic E-state index is -0.606. The molecule has 9 heteroatoms. The molecule has 1 unspecified atom stereocenters. The Morgan fingerprint density at radius 2 is 2.13 bits per heavy atom. The van der Waals surface area contributed by atoms with Gasteiger partial charge in [-0.2, -0.15) is 0 Å². The maximum absolute atomic E-state index is 13.6. The first kappa shape index (κ1) is 21.2. The van der Waals surface area contributed by atoms with Gasteiger partial charge in [-0.1, -0.05) is 11.3 Å². The number of hydrogen-bond donors (Lipinski definition) is 2. The van der Waals surface area contributed by atoms with Gasteiger partial charge in [0.05, 0.1) is 22.5 Å². The highest BCUT2D eigenvalue weighted by Gasteiger charge is 2.30. The van der Waals surface area contributed by atoms with Gasteiger partial charge in [-0.05, 0) is 51.0 Å². The average Bonchev–Trinajstić information content (AvgIpc) is 3.12. The molecule has 0 spiro atoms. The number of pyridine rings is 1. The number of primary amides is 1. The van der Waals surface area contributed by atoms with Crippen LogP contribution >= 0.6 is 11.3 Å². The van der Waals surface area contributed by atoms with Gasteiger partial charge in [-0.15, -0.1) is 0 Å². The maximum atomic E-state index is 13.6. The van der Waals surface area contributed by atoms with Crippen LogP contribution in [-0.2, 0) is 0 Å². The predicted molar refractivity (Wildman–Crippen MR) is 119 cm³/mol. The Bertz CT molecular complexity index is 1160. The highest BCUT2D eigenvalue weighted by molar-refractivity contribution is 7.17. The van der Waals surface area contributed by atoms with E-state index in [1.54, 1.807) is 17.0 Å². The van der Waals surface area contributed by atoms with Gasteiger partial charge in [0.25, 0.3) is 11.8 Å². The number of nitrogens with two attached hydrogens (primary N) is 1. The van der Waals surface area contributed by atoms with Crippen LogP contribution < -0.4 is 11.1 Å². The number of thiazole rings is 1. The lowest BCUT2D eigenvalue weighted by Crippen LogP contribution is -2.39. The number of aryl methyl sites for hydroxylation is 1. The Kier molecular flexibility index (Phi) is 5.86. The van der Waals surface area contributed by atoms with E-state index >= 15 is 0 Å². The van der Waals surface area contributed by atoms with Gasteiger partial charge < -0.3 is 16.0 Å². The zero-order valence-corrected chi connectivity index (χ0v) is 18.3. The van der Waals surface area contributed by atoms with Gasteiger partial charge >= 0.3 is 0 Å². The Hall–Kier alpha value is -3.07. The van der Waals surface area contributed by atoms with Crippen LogP contribution in [0.3, 0.4) is 0 Å². The van der Waals surface area contributed by atoms with Crippen molar-refractivity contribution in [3.63, 3.8) is 0 Å². The summed E-state index contributed by atoms with van der Waals surface area (Å²) in [7, 11) is 0. The summed E-state index contributed by atoms with van der Waals surface area (Å²) in [6.45, 7) is 5.62. The van der Waals surface area contributed by atoms with E-state index in [0.717, 1.165) is 24.5 Å². The third-order valence-electron chi connectivity index (χ3n) is 5.49. The monoisotopic (exact) mass is 441 g/mol. The molecule has 1 aromatic carbocycles. The second-order valence-electron chi connectivity index (χ2n) is 7.68. The summed E-state index contributed by atoms with van der Waals surface area (Å²) in [5.41, 5.74) is 7.77. The highest BCUT2D eigenvalue weighted by Crippen LogP contribution is 2.32. The second-order valence-corrected chi connectivity index (χ2v) is 8.68. The number of anilines is 1. The number of hydrogen-bond acceptors (Lipinski definition) is 6. The molecule has 3 N–H and O–H groups in total. The molecule has 31 heavy (non-hydrogen) atoms. The van der Waals surface area contributed by atoms with Crippen molar-refractivity contribution < 1.29 is 14.0 Å². The Labute approximate surface area is 183 Å². The van der Waals surface area contributed by atoms with E-state index in [-0.39, 0.29) is 17.4 Å². The molecule has 2 amide bonds. The Balaban J connectivity index is 1.64. The molecule has 0 saturated carbocycles. The minimum Gasteiger partial charge on any atom is -0.366 e. The second kappa shape index (κ2) is 8.58. The normalized spacial score (nSPS) is 16.5. The van der Waals surface area contributed by atoms with E-state index in [9.17, 15) is 14.0 Å². The van der Waals surface area contributed by atoms with Crippen LogP contribution in [0.4, 0.5) is 9.52 Å². The van der Waals surface area contributed by atoms with Gasteiger partial charge in [-0.25, -0.2) is 9.37 Å². The largest absolute Gasteiger partial charge is 0.366 e. The number of amides is 2. The summed E-state index contributed by atoms with van der Waals surface area (Å²) in [6.07, 6.45) is 1.57. The fourth-order valence-electron chi connectivity index (χ4n) is 4.02. The smallest absolute Gasteiger partial charge is 0.265 e. The molecule has 7 nitrogen and oxygen atoms in total. The van der Waals surface area contributed by atoms with Gasteiger partial charge in [-0.3, -0.25) is 14.6 Å². The number of fused-ring (bicyclic) bond motifs is 1. The summed E-state index contributed by atoms with van der Waals surface area (Å²) in [5, 5.41) is 4.41. The zero-order valence-electron chi connectivity index (χ0n) is 17.4. The maximum Gasteiger partial charge on any atom is 0.265 e. The number of benzene rings is 1. The average molecular weight is 442 g/mol. The quantitative estimate of drug-likeness (QED) is 0.629. The molecule has 1 aliphatic heterocycles. The summed E-state index contributed by atoms with van der Waals surface area (Å²) in [4.78, 5) is 36.8. The zero-order chi connectivity index (χ0) is 22.1. The van der Waals surface area contributed by atoms with Crippen LogP contribution in [0.2, 0.25) is 0 Å². The third-order valence-corrected chi connectivity index (χ3v) is 6.59.